The minimum absolute atomic E-state index is 0.104. The Morgan fingerprint density at radius 1 is 1.35 bits per heavy atom. The Hall–Kier alpha value is -1.59. The smallest absolute Gasteiger partial charge is 0.237 e. The lowest BCUT2D eigenvalue weighted by molar-refractivity contribution is -0.115. The molecule has 0 bridgehead atoms. The third-order valence-corrected chi connectivity index (χ3v) is 3.88. The highest BCUT2D eigenvalue weighted by molar-refractivity contribution is 8.00. The first kappa shape index (κ1) is 14.8. The normalized spacial score (nSPS) is 11.9. The van der Waals surface area contributed by atoms with Crippen molar-refractivity contribution >= 4 is 35.0 Å². The lowest BCUT2D eigenvalue weighted by Crippen LogP contribution is -2.23. The second-order valence-electron chi connectivity index (χ2n) is 4.24. The van der Waals surface area contributed by atoms with E-state index in [1.54, 1.807) is 30.6 Å². The molecule has 1 aromatic carbocycles. The van der Waals surface area contributed by atoms with Gasteiger partial charge in [-0.3, -0.25) is 4.79 Å². The van der Waals surface area contributed by atoms with Crippen molar-refractivity contribution in [3.05, 3.63) is 47.2 Å². The fraction of sp³-hybridized carbons (Fsp3) is 0.214. The standard InChI is InChI=1S/C14H14ClN3OS/c1-9-4-5-11(15)8-12(9)18-13(19)10(2)20-14-16-6-3-7-17-14/h3-8,10H,1-2H3,(H,18,19). The summed E-state index contributed by atoms with van der Waals surface area (Å²) >= 11 is 7.25. The van der Waals surface area contributed by atoms with E-state index in [0.29, 0.717) is 10.2 Å². The molecule has 1 atom stereocenters. The fourth-order valence-corrected chi connectivity index (χ4v) is 2.42. The van der Waals surface area contributed by atoms with Gasteiger partial charge >= 0.3 is 0 Å². The molecule has 4 nitrogen and oxygen atoms in total. The van der Waals surface area contributed by atoms with E-state index in [9.17, 15) is 4.79 Å². The Bertz CT molecular complexity index is 607. The molecule has 0 saturated heterocycles. The number of amides is 1. The van der Waals surface area contributed by atoms with Crippen LogP contribution < -0.4 is 5.32 Å². The Morgan fingerprint density at radius 2 is 2.05 bits per heavy atom. The molecule has 1 N–H and O–H groups in total. The van der Waals surface area contributed by atoms with Crippen molar-refractivity contribution in [1.29, 1.82) is 0 Å². The minimum Gasteiger partial charge on any atom is -0.325 e. The van der Waals surface area contributed by atoms with E-state index in [1.807, 2.05) is 19.9 Å². The van der Waals surface area contributed by atoms with Crippen LogP contribution in [0, 0.1) is 6.92 Å². The van der Waals surface area contributed by atoms with Crippen LogP contribution in [-0.4, -0.2) is 21.1 Å². The van der Waals surface area contributed by atoms with Gasteiger partial charge in [0.25, 0.3) is 0 Å². The molecule has 0 fully saturated rings. The van der Waals surface area contributed by atoms with Gasteiger partial charge in [0.05, 0.1) is 5.25 Å². The summed E-state index contributed by atoms with van der Waals surface area (Å²) in [5.41, 5.74) is 1.69. The van der Waals surface area contributed by atoms with E-state index in [4.69, 9.17) is 11.6 Å². The van der Waals surface area contributed by atoms with Crippen molar-refractivity contribution in [3.8, 4) is 0 Å². The Balaban J connectivity index is 2.02. The molecule has 1 heterocycles. The number of anilines is 1. The molecule has 1 aromatic heterocycles. The zero-order valence-electron chi connectivity index (χ0n) is 11.1. The predicted molar refractivity (Wildman–Crippen MR) is 82.2 cm³/mol. The minimum atomic E-state index is -0.296. The van der Waals surface area contributed by atoms with Crippen LogP contribution in [0.5, 0.6) is 0 Å². The number of nitrogens with one attached hydrogen (secondary N) is 1. The van der Waals surface area contributed by atoms with Crippen LogP contribution in [0.4, 0.5) is 5.69 Å². The van der Waals surface area contributed by atoms with Gasteiger partial charge in [-0.1, -0.05) is 29.4 Å². The lowest BCUT2D eigenvalue weighted by atomic mass is 10.2. The van der Waals surface area contributed by atoms with Crippen LogP contribution in [0.3, 0.4) is 0 Å². The van der Waals surface area contributed by atoms with Gasteiger partial charge in [-0.15, -0.1) is 0 Å². The first-order valence-electron chi connectivity index (χ1n) is 6.07. The number of aryl methyl sites for hydroxylation is 1. The summed E-state index contributed by atoms with van der Waals surface area (Å²) in [5, 5.41) is 3.75. The fourth-order valence-electron chi connectivity index (χ4n) is 1.52. The van der Waals surface area contributed by atoms with Crippen molar-refractivity contribution in [2.75, 3.05) is 5.32 Å². The molecule has 0 spiro atoms. The van der Waals surface area contributed by atoms with E-state index in [1.165, 1.54) is 11.8 Å². The molecule has 20 heavy (non-hydrogen) atoms. The number of rotatable bonds is 4. The van der Waals surface area contributed by atoms with E-state index >= 15 is 0 Å². The largest absolute Gasteiger partial charge is 0.325 e. The maximum Gasteiger partial charge on any atom is 0.237 e. The average Bonchev–Trinajstić information content (AvgIpc) is 2.44. The third kappa shape index (κ3) is 3.95. The summed E-state index contributed by atoms with van der Waals surface area (Å²) in [5.74, 6) is -0.104. The number of hydrogen-bond acceptors (Lipinski definition) is 4. The van der Waals surface area contributed by atoms with Crippen LogP contribution in [0.15, 0.2) is 41.8 Å². The maximum absolute atomic E-state index is 12.1. The number of benzene rings is 1. The van der Waals surface area contributed by atoms with E-state index in [2.05, 4.69) is 15.3 Å². The van der Waals surface area contributed by atoms with E-state index in [0.717, 1.165) is 11.3 Å². The van der Waals surface area contributed by atoms with Crippen LogP contribution in [0.1, 0.15) is 12.5 Å². The summed E-state index contributed by atoms with van der Waals surface area (Å²) in [4.78, 5) is 20.3. The average molecular weight is 308 g/mol. The Labute approximate surface area is 127 Å². The topological polar surface area (TPSA) is 54.9 Å². The highest BCUT2D eigenvalue weighted by Crippen LogP contribution is 2.23. The molecule has 1 unspecified atom stereocenters. The van der Waals surface area contributed by atoms with Crippen LogP contribution in [0.2, 0.25) is 5.02 Å². The van der Waals surface area contributed by atoms with Crippen molar-refractivity contribution in [2.45, 2.75) is 24.3 Å². The molecule has 1 amide bonds. The van der Waals surface area contributed by atoms with E-state index < -0.39 is 0 Å². The van der Waals surface area contributed by atoms with Gasteiger partial charge < -0.3 is 5.32 Å². The Kier molecular flexibility index (Phi) is 4.98. The van der Waals surface area contributed by atoms with E-state index in [-0.39, 0.29) is 11.2 Å². The zero-order chi connectivity index (χ0) is 14.5. The summed E-state index contributed by atoms with van der Waals surface area (Å²) < 4.78 is 0. The second kappa shape index (κ2) is 6.72. The SMILES string of the molecule is Cc1ccc(Cl)cc1NC(=O)C(C)Sc1ncccn1. The van der Waals surface area contributed by atoms with Gasteiger partial charge in [0, 0.05) is 23.1 Å². The first-order chi connectivity index (χ1) is 9.56. The second-order valence-corrected chi connectivity index (χ2v) is 5.98. The van der Waals surface area contributed by atoms with Crippen molar-refractivity contribution in [3.63, 3.8) is 0 Å². The summed E-state index contributed by atoms with van der Waals surface area (Å²) in [6.07, 6.45) is 3.31. The summed E-state index contributed by atoms with van der Waals surface area (Å²) in [6.45, 7) is 3.74. The summed E-state index contributed by atoms with van der Waals surface area (Å²) in [6, 6.07) is 7.15. The van der Waals surface area contributed by atoms with Gasteiger partial charge in [0.2, 0.25) is 5.91 Å². The third-order valence-electron chi connectivity index (χ3n) is 2.65. The highest BCUT2D eigenvalue weighted by Gasteiger charge is 2.16. The number of carbonyl (C=O) groups is 1. The number of halogens is 1. The molecule has 2 rings (SSSR count). The lowest BCUT2D eigenvalue weighted by Gasteiger charge is -2.13. The van der Waals surface area contributed by atoms with Crippen LogP contribution in [0.25, 0.3) is 0 Å². The van der Waals surface area contributed by atoms with Gasteiger partial charge in [-0.2, -0.15) is 0 Å². The number of thioether (sulfide) groups is 1. The van der Waals surface area contributed by atoms with Gasteiger partial charge in [-0.05, 0) is 37.6 Å². The molecule has 0 saturated carbocycles. The molecule has 104 valence electrons. The Morgan fingerprint density at radius 3 is 2.75 bits per heavy atom. The number of hydrogen-bond donors (Lipinski definition) is 1. The number of carbonyl (C=O) groups excluding carboxylic acids is 1. The zero-order valence-corrected chi connectivity index (χ0v) is 12.7. The molecule has 0 aliphatic rings. The highest BCUT2D eigenvalue weighted by atomic mass is 35.5. The predicted octanol–water partition coefficient (Wildman–Crippen LogP) is 3.56. The molecule has 0 radical (unpaired) electrons. The van der Waals surface area contributed by atoms with Crippen molar-refractivity contribution < 1.29 is 4.79 Å². The van der Waals surface area contributed by atoms with Gasteiger partial charge in [-0.25, -0.2) is 9.97 Å². The first-order valence-corrected chi connectivity index (χ1v) is 7.32. The quantitative estimate of drug-likeness (QED) is 0.693. The molecule has 0 aliphatic heterocycles. The number of nitrogens with zero attached hydrogens (tertiary/aromatic N) is 2. The maximum atomic E-state index is 12.1. The number of aromatic nitrogens is 2. The van der Waals surface area contributed by atoms with Crippen LogP contribution in [-0.2, 0) is 4.79 Å². The monoisotopic (exact) mass is 307 g/mol. The molecular weight excluding hydrogens is 294 g/mol. The molecular formula is C14H14ClN3OS. The van der Waals surface area contributed by atoms with Crippen LogP contribution >= 0.6 is 23.4 Å². The van der Waals surface area contributed by atoms with Crippen molar-refractivity contribution in [1.82, 2.24) is 9.97 Å². The summed E-state index contributed by atoms with van der Waals surface area (Å²) in [7, 11) is 0. The van der Waals surface area contributed by atoms with Gasteiger partial charge in [0.15, 0.2) is 5.16 Å². The van der Waals surface area contributed by atoms with Crippen molar-refractivity contribution in [2.24, 2.45) is 0 Å². The van der Waals surface area contributed by atoms with Gasteiger partial charge in [0.1, 0.15) is 0 Å². The molecule has 6 heteroatoms. The molecule has 2 aromatic rings. The molecule has 0 aliphatic carbocycles.